The van der Waals surface area contributed by atoms with E-state index in [0.29, 0.717) is 19.2 Å². The number of aliphatic imine (C=N–C) groups is 1. The minimum Gasteiger partial charge on any atom is -0.497 e. The molecule has 1 saturated carbocycles. The number of aromatic nitrogens is 1. The SMILES string of the molecule is CN=C(NCc1ccc(OC)cc1)NCc1cccnc1OC1CCCC1. The number of hydrogen-bond acceptors (Lipinski definition) is 4. The molecule has 3 rings (SSSR count). The van der Waals surface area contributed by atoms with Crippen LogP contribution >= 0.6 is 0 Å². The first kappa shape index (κ1) is 19.0. The van der Waals surface area contributed by atoms with Crippen molar-refractivity contribution in [2.75, 3.05) is 14.2 Å². The average molecular weight is 368 g/mol. The van der Waals surface area contributed by atoms with Crippen molar-refractivity contribution in [2.45, 2.75) is 44.9 Å². The summed E-state index contributed by atoms with van der Waals surface area (Å²) in [4.78, 5) is 8.71. The van der Waals surface area contributed by atoms with Crippen molar-refractivity contribution in [3.63, 3.8) is 0 Å². The predicted octanol–water partition coefficient (Wildman–Crippen LogP) is 3.28. The van der Waals surface area contributed by atoms with Crippen LogP contribution in [-0.4, -0.2) is 31.2 Å². The maximum atomic E-state index is 6.10. The van der Waals surface area contributed by atoms with Gasteiger partial charge in [-0.05, 0) is 49.4 Å². The Morgan fingerprint density at radius 3 is 2.56 bits per heavy atom. The lowest BCUT2D eigenvalue weighted by molar-refractivity contribution is 0.199. The van der Waals surface area contributed by atoms with E-state index in [1.54, 1.807) is 20.4 Å². The Kier molecular flexibility index (Phi) is 6.90. The summed E-state index contributed by atoms with van der Waals surface area (Å²) < 4.78 is 11.3. The molecule has 0 radical (unpaired) electrons. The maximum Gasteiger partial charge on any atom is 0.218 e. The lowest BCUT2D eigenvalue weighted by Gasteiger charge is -2.17. The van der Waals surface area contributed by atoms with Gasteiger partial charge in [0.2, 0.25) is 5.88 Å². The van der Waals surface area contributed by atoms with E-state index in [9.17, 15) is 0 Å². The summed E-state index contributed by atoms with van der Waals surface area (Å²) in [6.07, 6.45) is 6.80. The van der Waals surface area contributed by atoms with Gasteiger partial charge in [-0.3, -0.25) is 4.99 Å². The summed E-state index contributed by atoms with van der Waals surface area (Å²) in [5, 5.41) is 6.66. The number of benzene rings is 1. The van der Waals surface area contributed by atoms with Crippen LogP contribution in [0.25, 0.3) is 0 Å². The molecule has 1 heterocycles. The van der Waals surface area contributed by atoms with Gasteiger partial charge in [0.05, 0.1) is 7.11 Å². The second kappa shape index (κ2) is 9.80. The van der Waals surface area contributed by atoms with Gasteiger partial charge in [-0.25, -0.2) is 4.98 Å². The van der Waals surface area contributed by atoms with Gasteiger partial charge in [-0.1, -0.05) is 18.2 Å². The fourth-order valence-electron chi connectivity index (χ4n) is 3.16. The van der Waals surface area contributed by atoms with Crippen molar-refractivity contribution in [1.82, 2.24) is 15.6 Å². The summed E-state index contributed by atoms with van der Waals surface area (Å²) in [6, 6.07) is 12.0. The zero-order valence-electron chi connectivity index (χ0n) is 16.1. The highest BCUT2D eigenvalue weighted by atomic mass is 16.5. The van der Waals surface area contributed by atoms with Gasteiger partial charge in [0, 0.05) is 31.9 Å². The van der Waals surface area contributed by atoms with E-state index >= 15 is 0 Å². The molecule has 0 saturated heterocycles. The van der Waals surface area contributed by atoms with Gasteiger partial charge in [0.15, 0.2) is 5.96 Å². The van der Waals surface area contributed by atoms with E-state index in [0.717, 1.165) is 41.6 Å². The highest BCUT2D eigenvalue weighted by molar-refractivity contribution is 5.79. The third kappa shape index (κ3) is 5.61. The fraction of sp³-hybridized carbons (Fsp3) is 0.429. The molecule has 1 aliphatic carbocycles. The zero-order valence-corrected chi connectivity index (χ0v) is 16.1. The summed E-state index contributed by atoms with van der Waals surface area (Å²) in [6.45, 7) is 1.29. The van der Waals surface area contributed by atoms with E-state index < -0.39 is 0 Å². The quantitative estimate of drug-likeness (QED) is 0.580. The molecule has 27 heavy (non-hydrogen) atoms. The van der Waals surface area contributed by atoms with Gasteiger partial charge < -0.3 is 20.1 Å². The van der Waals surface area contributed by atoms with Crippen molar-refractivity contribution in [3.05, 3.63) is 53.7 Å². The zero-order chi connectivity index (χ0) is 18.9. The van der Waals surface area contributed by atoms with Gasteiger partial charge in [0.25, 0.3) is 0 Å². The highest BCUT2D eigenvalue weighted by Gasteiger charge is 2.18. The van der Waals surface area contributed by atoms with Crippen LogP contribution in [0.1, 0.15) is 36.8 Å². The Bertz CT molecular complexity index is 740. The third-order valence-electron chi connectivity index (χ3n) is 4.72. The molecule has 6 nitrogen and oxygen atoms in total. The Morgan fingerprint density at radius 1 is 1.11 bits per heavy atom. The van der Waals surface area contributed by atoms with Gasteiger partial charge in [-0.15, -0.1) is 0 Å². The Balaban J connectivity index is 1.53. The number of nitrogens with one attached hydrogen (secondary N) is 2. The molecular weight excluding hydrogens is 340 g/mol. The summed E-state index contributed by atoms with van der Waals surface area (Å²) in [5.74, 6) is 2.32. The van der Waals surface area contributed by atoms with Gasteiger partial charge >= 0.3 is 0 Å². The van der Waals surface area contributed by atoms with Crippen LogP contribution < -0.4 is 20.1 Å². The highest BCUT2D eigenvalue weighted by Crippen LogP contribution is 2.24. The largest absolute Gasteiger partial charge is 0.497 e. The number of hydrogen-bond donors (Lipinski definition) is 2. The fourth-order valence-corrected chi connectivity index (χ4v) is 3.16. The second-order valence-corrected chi connectivity index (χ2v) is 6.62. The van der Waals surface area contributed by atoms with Crippen molar-refractivity contribution in [2.24, 2.45) is 4.99 Å². The maximum absolute atomic E-state index is 6.10. The molecule has 1 aliphatic rings. The van der Waals surface area contributed by atoms with Crippen molar-refractivity contribution >= 4 is 5.96 Å². The lowest BCUT2D eigenvalue weighted by Crippen LogP contribution is -2.36. The van der Waals surface area contributed by atoms with Crippen molar-refractivity contribution in [1.29, 1.82) is 0 Å². The molecule has 6 heteroatoms. The van der Waals surface area contributed by atoms with Crippen molar-refractivity contribution < 1.29 is 9.47 Å². The normalized spacial score (nSPS) is 14.8. The number of pyridine rings is 1. The minimum atomic E-state index is 0.297. The van der Waals surface area contributed by atoms with Crippen LogP contribution in [0.3, 0.4) is 0 Å². The molecule has 0 amide bonds. The standard InChI is InChI=1S/C21H28N4O2/c1-22-21(24-14-16-9-11-18(26-2)12-10-16)25-15-17-6-5-13-23-20(17)27-19-7-3-4-8-19/h5-6,9-13,19H,3-4,7-8,14-15H2,1-2H3,(H2,22,24,25). The van der Waals surface area contributed by atoms with Crippen LogP contribution in [0.4, 0.5) is 0 Å². The first-order chi connectivity index (χ1) is 13.3. The van der Waals surface area contributed by atoms with E-state index in [1.807, 2.05) is 36.4 Å². The van der Waals surface area contributed by atoms with Gasteiger partial charge in [0.1, 0.15) is 11.9 Å². The first-order valence-electron chi connectivity index (χ1n) is 9.46. The smallest absolute Gasteiger partial charge is 0.218 e. The molecule has 2 aromatic rings. The number of ether oxygens (including phenoxy) is 2. The first-order valence-corrected chi connectivity index (χ1v) is 9.46. The van der Waals surface area contributed by atoms with E-state index in [2.05, 4.69) is 20.6 Å². The van der Waals surface area contributed by atoms with Crippen LogP contribution in [0.5, 0.6) is 11.6 Å². The van der Waals surface area contributed by atoms with Crippen LogP contribution in [-0.2, 0) is 13.1 Å². The summed E-state index contributed by atoms with van der Waals surface area (Å²) in [7, 11) is 3.44. The lowest BCUT2D eigenvalue weighted by atomic mass is 10.2. The average Bonchev–Trinajstić information content (AvgIpc) is 3.23. The van der Waals surface area contributed by atoms with Crippen molar-refractivity contribution in [3.8, 4) is 11.6 Å². The Morgan fingerprint density at radius 2 is 1.85 bits per heavy atom. The number of rotatable bonds is 7. The number of guanidine groups is 1. The molecule has 2 N–H and O–H groups in total. The van der Waals surface area contributed by atoms with E-state index in [-0.39, 0.29) is 0 Å². The molecule has 1 fully saturated rings. The summed E-state index contributed by atoms with van der Waals surface area (Å²) in [5.41, 5.74) is 2.20. The van der Waals surface area contributed by atoms with Crippen LogP contribution in [0.2, 0.25) is 0 Å². The summed E-state index contributed by atoms with van der Waals surface area (Å²) >= 11 is 0. The third-order valence-corrected chi connectivity index (χ3v) is 4.72. The van der Waals surface area contributed by atoms with E-state index in [4.69, 9.17) is 9.47 Å². The van der Waals surface area contributed by atoms with Crippen LogP contribution in [0, 0.1) is 0 Å². The van der Waals surface area contributed by atoms with E-state index in [1.165, 1.54) is 12.8 Å². The van der Waals surface area contributed by atoms with Gasteiger partial charge in [-0.2, -0.15) is 0 Å². The molecule has 0 bridgehead atoms. The molecule has 0 unspecified atom stereocenters. The minimum absolute atomic E-state index is 0.297. The molecule has 0 aliphatic heterocycles. The molecule has 1 aromatic carbocycles. The predicted molar refractivity (Wildman–Crippen MR) is 107 cm³/mol. The molecule has 0 atom stereocenters. The Hall–Kier alpha value is -2.76. The second-order valence-electron chi connectivity index (χ2n) is 6.62. The molecule has 0 spiro atoms. The molecule has 1 aromatic heterocycles. The number of nitrogens with zero attached hydrogens (tertiary/aromatic N) is 2. The molecular formula is C21H28N4O2. The molecule has 144 valence electrons. The monoisotopic (exact) mass is 368 g/mol. The number of methoxy groups -OCH3 is 1. The van der Waals surface area contributed by atoms with Crippen LogP contribution in [0.15, 0.2) is 47.6 Å². The Labute approximate surface area is 161 Å². The topological polar surface area (TPSA) is 67.8 Å².